The number of halogens is 1. The van der Waals surface area contributed by atoms with Crippen molar-refractivity contribution in [3.05, 3.63) is 143 Å². The minimum absolute atomic E-state index is 0.119. The summed E-state index contributed by atoms with van der Waals surface area (Å²) in [5, 5.41) is 1.11. The molecule has 0 bridgehead atoms. The predicted molar refractivity (Wildman–Crippen MR) is 162 cm³/mol. The SMILES string of the molecule is Nc1ccc(-c2cccc3[nH]ccc23)cc1C(=O)c1cccnc1.Nc1ccc(Br)cc1C(=O)c1cccnc1. The molecular weight excluding hydrogens is 566 g/mol. The van der Waals surface area contributed by atoms with E-state index in [9.17, 15) is 9.59 Å². The maximum atomic E-state index is 12.7. The van der Waals surface area contributed by atoms with Crippen LogP contribution in [-0.4, -0.2) is 26.5 Å². The first-order valence-electron chi connectivity index (χ1n) is 12.3. The van der Waals surface area contributed by atoms with Crippen LogP contribution in [-0.2, 0) is 0 Å². The zero-order valence-electron chi connectivity index (χ0n) is 21.2. The lowest BCUT2D eigenvalue weighted by molar-refractivity contribution is 0.103. The number of nitrogens with zero attached hydrogens (tertiary/aromatic N) is 2. The van der Waals surface area contributed by atoms with Gasteiger partial charge in [0.2, 0.25) is 0 Å². The quantitative estimate of drug-likeness (QED) is 0.151. The molecular formula is C32H24BrN5O2. The fourth-order valence-electron chi connectivity index (χ4n) is 4.29. The second-order valence-electron chi connectivity index (χ2n) is 8.92. The summed E-state index contributed by atoms with van der Waals surface area (Å²) >= 11 is 3.31. The first-order chi connectivity index (χ1) is 19.4. The molecule has 0 aliphatic heterocycles. The van der Waals surface area contributed by atoms with Gasteiger partial charge < -0.3 is 16.5 Å². The number of carbonyl (C=O) groups excluding carboxylic acids is 2. The van der Waals surface area contributed by atoms with Crippen LogP contribution < -0.4 is 11.5 Å². The number of nitrogens with two attached hydrogens (primary N) is 2. The van der Waals surface area contributed by atoms with E-state index in [1.54, 1.807) is 67.1 Å². The van der Waals surface area contributed by atoms with Crippen LogP contribution in [0.3, 0.4) is 0 Å². The largest absolute Gasteiger partial charge is 0.398 e. The molecule has 196 valence electrons. The van der Waals surface area contributed by atoms with Crippen LogP contribution in [0.1, 0.15) is 31.8 Å². The van der Waals surface area contributed by atoms with Crippen molar-refractivity contribution >= 4 is 49.8 Å². The number of fused-ring (bicyclic) bond motifs is 1. The van der Waals surface area contributed by atoms with Crippen LogP contribution in [0.5, 0.6) is 0 Å². The van der Waals surface area contributed by atoms with Crippen molar-refractivity contribution in [3.8, 4) is 11.1 Å². The average molecular weight is 590 g/mol. The number of hydrogen-bond acceptors (Lipinski definition) is 6. The highest BCUT2D eigenvalue weighted by molar-refractivity contribution is 9.10. The molecule has 8 heteroatoms. The lowest BCUT2D eigenvalue weighted by atomic mass is 9.96. The normalized spacial score (nSPS) is 10.5. The molecule has 6 aromatic rings. The number of benzene rings is 3. The van der Waals surface area contributed by atoms with Crippen molar-refractivity contribution < 1.29 is 9.59 Å². The van der Waals surface area contributed by atoms with Crippen LogP contribution in [0.4, 0.5) is 11.4 Å². The van der Waals surface area contributed by atoms with E-state index in [1.165, 1.54) is 6.20 Å². The maximum Gasteiger partial charge on any atom is 0.196 e. The van der Waals surface area contributed by atoms with Crippen molar-refractivity contribution in [2.75, 3.05) is 11.5 Å². The smallest absolute Gasteiger partial charge is 0.196 e. The molecule has 7 nitrogen and oxygen atoms in total. The zero-order valence-corrected chi connectivity index (χ0v) is 22.8. The van der Waals surface area contributed by atoms with Crippen molar-refractivity contribution in [3.63, 3.8) is 0 Å². The van der Waals surface area contributed by atoms with E-state index in [0.717, 1.165) is 26.5 Å². The summed E-state index contributed by atoms with van der Waals surface area (Å²) in [6.45, 7) is 0. The Balaban J connectivity index is 0.000000176. The van der Waals surface area contributed by atoms with Crippen molar-refractivity contribution in [2.45, 2.75) is 0 Å². The third-order valence-corrected chi connectivity index (χ3v) is 6.80. The van der Waals surface area contributed by atoms with Crippen molar-refractivity contribution in [1.29, 1.82) is 0 Å². The molecule has 0 unspecified atom stereocenters. The molecule has 3 aromatic heterocycles. The summed E-state index contributed by atoms with van der Waals surface area (Å²) in [5.74, 6) is -0.240. The molecule has 3 aromatic carbocycles. The molecule has 40 heavy (non-hydrogen) atoms. The van der Waals surface area contributed by atoms with Gasteiger partial charge in [0.1, 0.15) is 0 Å². The van der Waals surface area contributed by atoms with Crippen LogP contribution >= 0.6 is 15.9 Å². The molecule has 0 aliphatic carbocycles. The fourth-order valence-corrected chi connectivity index (χ4v) is 4.65. The Labute approximate surface area is 239 Å². The van der Waals surface area contributed by atoms with E-state index in [2.05, 4.69) is 30.9 Å². The van der Waals surface area contributed by atoms with Gasteiger partial charge in [-0.05, 0) is 77.9 Å². The van der Waals surface area contributed by atoms with Gasteiger partial charge in [0.25, 0.3) is 0 Å². The molecule has 5 N–H and O–H groups in total. The Bertz CT molecular complexity index is 1820. The van der Waals surface area contributed by atoms with Crippen molar-refractivity contribution in [1.82, 2.24) is 15.0 Å². The predicted octanol–water partition coefficient (Wildman–Crippen LogP) is 6.70. The van der Waals surface area contributed by atoms with Gasteiger partial charge in [-0.25, -0.2) is 0 Å². The Kier molecular flexibility index (Phi) is 7.80. The summed E-state index contributed by atoms with van der Waals surface area (Å²) in [5.41, 5.74) is 17.9. The first-order valence-corrected chi connectivity index (χ1v) is 13.1. The zero-order chi connectivity index (χ0) is 28.1. The van der Waals surface area contributed by atoms with E-state index >= 15 is 0 Å². The first kappa shape index (κ1) is 26.5. The number of anilines is 2. The van der Waals surface area contributed by atoms with E-state index in [-0.39, 0.29) is 11.6 Å². The molecule has 0 radical (unpaired) electrons. The summed E-state index contributed by atoms with van der Waals surface area (Å²) in [4.78, 5) is 35.9. The Hall–Kier alpha value is -5.08. The fraction of sp³-hybridized carbons (Fsp3) is 0. The van der Waals surface area contributed by atoms with Gasteiger partial charge in [-0.3, -0.25) is 19.6 Å². The molecule has 3 heterocycles. The summed E-state index contributed by atoms with van der Waals surface area (Å²) in [6.07, 6.45) is 8.27. The lowest BCUT2D eigenvalue weighted by Crippen LogP contribution is -2.06. The second kappa shape index (κ2) is 11.8. The Morgan fingerprint density at radius 2 is 1.32 bits per heavy atom. The molecule has 0 fully saturated rings. The molecule has 0 saturated carbocycles. The number of aromatic amines is 1. The number of rotatable bonds is 5. The summed E-state index contributed by atoms with van der Waals surface area (Å²) < 4.78 is 0.828. The van der Waals surface area contributed by atoms with Crippen molar-refractivity contribution in [2.24, 2.45) is 0 Å². The van der Waals surface area contributed by atoms with Gasteiger partial charge in [0, 0.05) is 80.0 Å². The number of pyridine rings is 2. The van der Waals surface area contributed by atoms with Crippen LogP contribution in [0, 0.1) is 0 Å². The van der Waals surface area contributed by atoms with Gasteiger partial charge in [-0.15, -0.1) is 0 Å². The number of nitrogens with one attached hydrogen (secondary N) is 1. The minimum Gasteiger partial charge on any atom is -0.398 e. The molecule has 0 spiro atoms. The Morgan fingerprint density at radius 3 is 1.95 bits per heavy atom. The maximum absolute atomic E-state index is 12.7. The number of H-pyrrole nitrogens is 1. The number of aromatic nitrogens is 3. The van der Waals surface area contributed by atoms with Crippen LogP contribution in [0.2, 0.25) is 0 Å². The molecule has 0 amide bonds. The molecule has 6 rings (SSSR count). The monoisotopic (exact) mass is 589 g/mol. The third-order valence-electron chi connectivity index (χ3n) is 6.31. The van der Waals surface area contributed by atoms with E-state index in [1.807, 2.05) is 42.6 Å². The number of carbonyl (C=O) groups is 2. The molecule has 0 atom stereocenters. The van der Waals surface area contributed by atoms with Crippen LogP contribution in [0.25, 0.3) is 22.0 Å². The summed E-state index contributed by atoms with van der Waals surface area (Å²) in [7, 11) is 0. The highest BCUT2D eigenvalue weighted by Gasteiger charge is 2.15. The molecule has 0 saturated heterocycles. The van der Waals surface area contributed by atoms with Gasteiger partial charge in [0.15, 0.2) is 11.6 Å². The van der Waals surface area contributed by atoms with Gasteiger partial charge >= 0.3 is 0 Å². The second-order valence-corrected chi connectivity index (χ2v) is 9.84. The van der Waals surface area contributed by atoms with Gasteiger partial charge in [-0.2, -0.15) is 0 Å². The number of ketones is 2. The summed E-state index contributed by atoms with van der Waals surface area (Å²) in [6, 6.07) is 25.8. The average Bonchev–Trinajstić information content (AvgIpc) is 3.49. The number of nitrogen functional groups attached to an aromatic ring is 2. The van der Waals surface area contributed by atoms with Gasteiger partial charge in [-0.1, -0.05) is 34.1 Å². The highest BCUT2D eigenvalue weighted by atomic mass is 79.9. The standard InChI is InChI=1S/C20H15N3O.C12H9BrN2O/c21-18-7-6-13(15-4-1-5-19-16(15)8-10-23-19)11-17(18)20(24)14-3-2-9-22-12-14;13-9-3-4-11(14)10(6-9)12(16)8-2-1-5-15-7-8/h1-12,23H,21H2;1-7H,14H2. The van der Waals surface area contributed by atoms with E-state index in [0.29, 0.717) is 33.6 Å². The van der Waals surface area contributed by atoms with Gasteiger partial charge in [0.05, 0.1) is 0 Å². The topological polar surface area (TPSA) is 128 Å². The number of hydrogen-bond donors (Lipinski definition) is 3. The highest BCUT2D eigenvalue weighted by Crippen LogP contribution is 2.31. The third kappa shape index (κ3) is 5.67. The molecule has 0 aliphatic rings. The van der Waals surface area contributed by atoms with E-state index < -0.39 is 0 Å². The van der Waals surface area contributed by atoms with Crippen LogP contribution in [0.15, 0.2) is 120 Å². The van der Waals surface area contributed by atoms with E-state index in [4.69, 9.17) is 11.5 Å². The minimum atomic E-state index is -0.122. The Morgan fingerprint density at radius 1 is 0.700 bits per heavy atom. The lowest BCUT2D eigenvalue weighted by Gasteiger charge is -2.09.